The van der Waals surface area contributed by atoms with E-state index in [2.05, 4.69) is 149 Å². The molecule has 3 heterocycles. The Kier molecular flexibility index (Phi) is 7.10. The van der Waals surface area contributed by atoms with Gasteiger partial charge in [0.25, 0.3) is 0 Å². The van der Waals surface area contributed by atoms with E-state index < -0.39 is 0 Å². The van der Waals surface area contributed by atoms with Crippen molar-refractivity contribution in [3.8, 4) is 67.3 Å². The highest BCUT2D eigenvalue weighted by Gasteiger charge is 2.16. The molecule has 0 aliphatic rings. The second-order valence-electron chi connectivity index (χ2n) is 13.1. The lowest BCUT2D eigenvalue weighted by Crippen LogP contribution is -1.96. The van der Waals surface area contributed by atoms with E-state index in [4.69, 9.17) is 9.97 Å². The molecule has 0 saturated heterocycles. The minimum atomic E-state index is 0.638. The molecule has 242 valence electrons. The molecular weight excluding hydrogens is 633 g/mol. The van der Waals surface area contributed by atoms with Crippen molar-refractivity contribution < 1.29 is 0 Å². The summed E-state index contributed by atoms with van der Waals surface area (Å²) in [6.45, 7) is 0. The topological polar surface area (TPSA) is 51.6 Å². The zero-order valence-corrected chi connectivity index (χ0v) is 28.1. The van der Waals surface area contributed by atoms with Gasteiger partial charge < -0.3 is 0 Å². The summed E-state index contributed by atoms with van der Waals surface area (Å²) >= 11 is 0. The quantitative estimate of drug-likeness (QED) is 0.166. The van der Waals surface area contributed by atoms with Crippen LogP contribution in [0.2, 0.25) is 0 Å². The Morgan fingerprint density at radius 1 is 0.327 bits per heavy atom. The first kappa shape index (κ1) is 29.8. The lowest BCUT2D eigenvalue weighted by atomic mass is 9.87. The third-order valence-corrected chi connectivity index (χ3v) is 10.0. The van der Waals surface area contributed by atoms with Gasteiger partial charge in [-0.2, -0.15) is 0 Å². The van der Waals surface area contributed by atoms with E-state index in [0.29, 0.717) is 5.82 Å². The van der Waals surface area contributed by atoms with Crippen LogP contribution in [0, 0.1) is 0 Å². The van der Waals surface area contributed by atoms with Crippen molar-refractivity contribution >= 4 is 32.3 Å². The van der Waals surface area contributed by atoms with E-state index in [1.54, 1.807) is 12.4 Å². The molecular formula is C48H30N4. The predicted octanol–water partition coefficient (Wildman–Crippen LogP) is 12.2. The fraction of sp³-hybridized carbons (Fsp3) is 0. The molecule has 0 aliphatic heterocycles. The summed E-state index contributed by atoms with van der Waals surface area (Å²) < 4.78 is 0. The second-order valence-corrected chi connectivity index (χ2v) is 13.1. The molecule has 4 nitrogen and oxygen atoms in total. The largest absolute Gasteiger partial charge is 0.264 e. The Balaban J connectivity index is 1.11. The SMILES string of the molecule is c1ccc(-c2ccc3ccc4c(-c5cccc(-c6cc(-c7ccc(-c8cccnc8)cc7)nc(-c7cccnc7)n6)c5)ccc5ccc2c3c54)cc1. The van der Waals surface area contributed by atoms with Crippen LogP contribution in [-0.2, 0) is 0 Å². The summed E-state index contributed by atoms with van der Waals surface area (Å²) in [6.07, 6.45) is 7.27. The van der Waals surface area contributed by atoms with Crippen molar-refractivity contribution in [2.45, 2.75) is 0 Å². The zero-order chi connectivity index (χ0) is 34.4. The molecule has 0 unspecified atom stereocenters. The van der Waals surface area contributed by atoms with Crippen LogP contribution in [0.25, 0.3) is 99.6 Å². The van der Waals surface area contributed by atoms with Gasteiger partial charge in [-0.25, -0.2) is 9.97 Å². The molecule has 10 aromatic rings. The maximum atomic E-state index is 5.11. The highest BCUT2D eigenvalue weighted by atomic mass is 14.9. The molecule has 52 heavy (non-hydrogen) atoms. The number of nitrogens with zero attached hydrogens (tertiary/aromatic N) is 4. The number of hydrogen-bond acceptors (Lipinski definition) is 4. The molecule has 4 heteroatoms. The molecule has 0 N–H and O–H groups in total. The third-order valence-electron chi connectivity index (χ3n) is 10.0. The maximum absolute atomic E-state index is 5.11. The van der Waals surface area contributed by atoms with Crippen molar-refractivity contribution in [2.24, 2.45) is 0 Å². The number of hydrogen-bond donors (Lipinski definition) is 0. The summed E-state index contributed by atoms with van der Waals surface area (Å²) in [7, 11) is 0. The molecule has 7 aromatic carbocycles. The average Bonchev–Trinajstić information content (AvgIpc) is 3.23. The molecule has 0 saturated carbocycles. The van der Waals surface area contributed by atoms with Crippen molar-refractivity contribution in [1.82, 2.24) is 19.9 Å². The maximum Gasteiger partial charge on any atom is 0.161 e. The lowest BCUT2D eigenvalue weighted by molar-refractivity contribution is 1.17. The highest BCUT2D eigenvalue weighted by molar-refractivity contribution is 6.27. The van der Waals surface area contributed by atoms with Gasteiger partial charge in [0, 0.05) is 41.5 Å². The van der Waals surface area contributed by atoms with Crippen molar-refractivity contribution in [3.63, 3.8) is 0 Å². The summed E-state index contributed by atoms with van der Waals surface area (Å²) in [5.41, 5.74) is 11.6. The Labute approximate surface area is 301 Å². The van der Waals surface area contributed by atoms with Crippen molar-refractivity contribution in [1.29, 1.82) is 0 Å². The van der Waals surface area contributed by atoms with Crippen LogP contribution in [0.4, 0.5) is 0 Å². The summed E-state index contributed by atoms with van der Waals surface area (Å²) in [4.78, 5) is 18.8. The molecule has 0 radical (unpaired) electrons. The molecule has 0 spiro atoms. The van der Waals surface area contributed by atoms with Gasteiger partial charge in [-0.3, -0.25) is 9.97 Å². The van der Waals surface area contributed by atoms with Crippen LogP contribution >= 0.6 is 0 Å². The van der Waals surface area contributed by atoms with E-state index in [-0.39, 0.29) is 0 Å². The van der Waals surface area contributed by atoms with Crippen LogP contribution < -0.4 is 0 Å². The minimum absolute atomic E-state index is 0.638. The molecule has 0 amide bonds. The second kappa shape index (κ2) is 12.4. The van der Waals surface area contributed by atoms with Crippen molar-refractivity contribution in [3.05, 3.63) is 183 Å². The fourth-order valence-electron chi connectivity index (χ4n) is 7.50. The van der Waals surface area contributed by atoms with Gasteiger partial charge in [0.2, 0.25) is 0 Å². The first-order valence-corrected chi connectivity index (χ1v) is 17.4. The van der Waals surface area contributed by atoms with Gasteiger partial charge in [-0.15, -0.1) is 0 Å². The van der Waals surface area contributed by atoms with Crippen LogP contribution in [0.15, 0.2) is 183 Å². The lowest BCUT2D eigenvalue weighted by Gasteiger charge is -2.17. The molecule has 0 bridgehead atoms. The Hall–Kier alpha value is -7.04. The Morgan fingerprint density at radius 2 is 0.865 bits per heavy atom. The van der Waals surface area contributed by atoms with Gasteiger partial charge >= 0.3 is 0 Å². The standard InChI is InChI=1S/C48H30N4/c1-2-7-32(8-3-1)40-21-17-34-20-24-43-41(22-18-35-19-23-42(40)46(34)47(35)43)36-9-4-10-37(27-36)45-28-44(51-48(52-45)39-12-6-26-50-30-39)33-15-13-31(14-16-33)38-11-5-25-49-29-38/h1-30H. The fourth-order valence-corrected chi connectivity index (χ4v) is 7.50. The Bertz CT molecular complexity index is 2870. The molecule has 0 atom stereocenters. The van der Waals surface area contributed by atoms with E-state index in [1.165, 1.54) is 49.0 Å². The number of pyridine rings is 2. The number of benzene rings is 7. The predicted molar refractivity (Wildman–Crippen MR) is 214 cm³/mol. The van der Waals surface area contributed by atoms with Crippen LogP contribution in [-0.4, -0.2) is 19.9 Å². The van der Waals surface area contributed by atoms with Gasteiger partial charge in [0.05, 0.1) is 11.4 Å². The first-order chi connectivity index (χ1) is 25.8. The van der Waals surface area contributed by atoms with E-state index in [1.807, 2.05) is 30.6 Å². The molecule has 3 aromatic heterocycles. The monoisotopic (exact) mass is 662 g/mol. The zero-order valence-electron chi connectivity index (χ0n) is 28.1. The van der Waals surface area contributed by atoms with Crippen LogP contribution in [0.3, 0.4) is 0 Å². The first-order valence-electron chi connectivity index (χ1n) is 17.4. The minimum Gasteiger partial charge on any atom is -0.264 e. The van der Waals surface area contributed by atoms with E-state index in [0.717, 1.165) is 44.8 Å². The Morgan fingerprint density at radius 3 is 1.52 bits per heavy atom. The molecule has 0 aliphatic carbocycles. The number of rotatable bonds is 6. The van der Waals surface area contributed by atoms with Gasteiger partial charge in [0.15, 0.2) is 5.82 Å². The highest BCUT2D eigenvalue weighted by Crippen LogP contribution is 2.43. The number of aromatic nitrogens is 4. The van der Waals surface area contributed by atoms with E-state index >= 15 is 0 Å². The van der Waals surface area contributed by atoms with Crippen molar-refractivity contribution in [2.75, 3.05) is 0 Å². The van der Waals surface area contributed by atoms with Gasteiger partial charge in [-0.05, 0) is 96.0 Å². The summed E-state index contributed by atoms with van der Waals surface area (Å²) in [5, 5.41) is 7.63. The van der Waals surface area contributed by atoms with Crippen LogP contribution in [0.1, 0.15) is 0 Å². The average molecular weight is 663 g/mol. The van der Waals surface area contributed by atoms with Gasteiger partial charge in [0.1, 0.15) is 0 Å². The molecule has 0 fully saturated rings. The summed E-state index contributed by atoms with van der Waals surface area (Å²) in [6, 6.07) is 56.1. The van der Waals surface area contributed by atoms with E-state index in [9.17, 15) is 0 Å². The third kappa shape index (κ3) is 5.17. The van der Waals surface area contributed by atoms with Gasteiger partial charge in [-0.1, -0.05) is 127 Å². The molecule has 10 rings (SSSR count). The normalized spacial score (nSPS) is 11.5. The smallest absolute Gasteiger partial charge is 0.161 e. The summed E-state index contributed by atoms with van der Waals surface area (Å²) in [5.74, 6) is 0.638. The van der Waals surface area contributed by atoms with Crippen LogP contribution in [0.5, 0.6) is 0 Å².